The lowest BCUT2D eigenvalue weighted by Crippen LogP contribution is -2.13. The zero-order chi connectivity index (χ0) is 25.2. The lowest BCUT2D eigenvalue weighted by molar-refractivity contribution is -0.116. The van der Waals surface area contributed by atoms with E-state index in [0.717, 1.165) is 47.7 Å². The average molecular weight is 504 g/mol. The molecule has 1 aliphatic heterocycles. The molecule has 5 rings (SSSR count). The van der Waals surface area contributed by atoms with E-state index in [0.29, 0.717) is 23.4 Å². The molecule has 0 fully saturated rings. The molecule has 0 aliphatic carbocycles. The van der Waals surface area contributed by atoms with E-state index in [1.807, 2.05) is 24.3 Å². The van der Waals surface area contributed by atoms with Gasteiger partial charge in [0.05, 0.1) is 16.3 Å². The van der Waals surface area contributed by atoms with Crippen molar-refractivity contribution in [3.05, 3.63) is 101 Å². The predicted molar refractivity (Wildman–Crippen MR) is 140 cm³/mol. The molecule has 36 heavy (non-hydrogen) atoms. The van der Waals surface area contributed by atoms with Gasteiger partial charge in [0, 0.05) is 41.0 Å². The van der Waals surface area contributed by atoms with Crippen LogP contribution in [0, 0.1) is 11.6 Å². The SMILES string of the molecule is Nc1ccc2c(c1)NC(=O)CCCC[C@H](c1ccc(-c3c(F)ccc(Cl)c3F)cn1)c1cccc-2c1. The van der Waals surface area contributed by atoms with Crippen LogP contribution in [0.25, 0.3) is 22.3 Å². The number of anilines is 2. The van der Waals surface area contributed by atoms with Crippen LogP contribution >= 0.6 is 11.6 Å². The zero-order valence-electron chi connectivity index (χ0n) is 19.4. The van der Waals surface area contributed by atoms with Gasteiger partial charge in [0.15, 0.2) is 5.82 Å². The van der Waals surface area contributed by atoms with Gasteiger partial charge in [-0.15, -0.1) is 0 Å². The van der Waals surface area contributed by atoms with E-state index in [4.69, 9.17) is 17.3 Å². The Morgan fingerprint density at radius 1 is 0.972 bits per heavy atom. The highest BCUT2D eigenvalue weighted by Crippen LogP contribution is 2.37. The van der Waals surface area contributed by atoms with Crippen LogP contribution in [-0.2, 0) is 4.79 Å². The van der Waals surface area contributed by atoms with Gasteiger partial charge in [-0.2, -0.15) is 0 Å². The fourth-order valence-electron chi connectivity index (χ4n) is 4.72. The normalized spacial score (nSPS) is 15.9. The predicted octanol–water partition coefficient (Wildman–Crippen LogP) is 7.57. The molecular weight excluding hydrogens is 480 g/mol. The average Bonchev–Trinajstić information content (AvgIpc) is 2.87. The van der Waals surface area contributed by atoms with Gasteiger partial charge in [0.25, 0.3) is 0 Å². The third-order valence-corrected chi connectivity index (χ3v) is 6.83. The summed E-state index contributed by atoms with van der Waals surface area (Å²) < 4.78 is 28.9. The summed E-state index contributed by atoms with van der Waals surface area (Å²) in [6.45, 7) is 0. The second-order valence-electron chi connectivity index (χ2n) is 8.97. The van der Waals surface area contributed by atoms with Crippen LogP contribution in [0.3, 0.4) is 0 Å². The number of nitrogen functional groups attached to an aromatic ring is 1. The first-order valence-corrected chi connectivity index (χ1v) is 12.2. The van der Waals surface area contributed by atoms with Crippen LogP contribution in [0.5, 0.6) is 0 Å². The van der Waals surface area contributed by atoms with Gasteiger partial charge in [-0.05, 0) is 54.3 Å². The molecular formula is C29H24ClF2N3O. The molecule has 7 heteroatoms. The third kappa shape index (κ3) is 4.82. The summed E-state index contributed by atoms with van der Waals surface area (Å²) in [6, 6.07) is 19.5. The number of pyridine rings is 1. The van der Waals surface area contributed by atoms with Gasteiger partial charge in [-0.25, -0.2) is 8.78 Å². The van der Waals surface area contributed by atoms with Crippen molar-refractivity contribution in [2.24, 2.45) is 0 Å². The maximum absolute atomic E-state index is 14.5. The van der Waals surface area contributed by atoms with E-state index in [1.54, 1.807) is 18.2 Å². The minimum absolute atomic E-state index is 0.0484. The zero-order valence-corrected chi connectivity index (χ0v) is 20.2. The first kappa shape index (κ1) is 23.9. The Labute approximate surface area is 213 Å². The number of fused-ring (bicyclic) bond motifs is 4. The summed E-state index contributed by atoms with van der Waals surface area (Å²) in [7, 11) is 0. The highest BCUT2D eigenvalue weighted by molar-refractivity contribution is 6.31. The molecule has 0 spiro atoms. The van der Waals surface area contributed by atoms with E-state index in [-0.39, 0.29) is 22.4 Å². The van der Waals surface area contributed by atoms with Crippen LogP contribution < -0.4 is 11.1 Å². The molecule has 2 bridgehead atoms. The number of nitrogens with zero attached hydrogens (tertiary/aromatic N) is 1. The molecule has 4 nitrogen and oxygen atoms in total. The Kier molecular flexibility index (Phi) is 6.70. The minimum Gasteiger partial charge on any atom is -0.399 e. The van der Waals surface area contributed by atoms with Crippen LogP contribution in [-0.4, -0.2) is 10.9 Å². The molecule has 1 aromatic heterocycles. The fourth-order valence-corrected chi connectivity index (χ4v) is 4.88. The Morgan fingerprint density at radius 2 is 1.83 bits per heavy atom. The van der Waals surface area contributed by atoms with Crippen molar-refractivity contribution in [3.8, 4) is 22.3 Å². The molecule has 3 N–H and O–H groups in total. The maximum atomic E-state index is 14.5. The van der Waals surface area contributed by atoms with E-state index < -0.39 is 11.6 Å². The molecule has 4 aromatic rings. The van der Waals surface area contributed by atoms with Gasteiger partial charge in [-0.3, -0.25) is 9.78 Å². The molecule has 0 radical (unpaired) electrons. The maximum Gasteiger partial charge on any atom is 0.224 e. The summed E-state index contributed by atoms with van der Waals surface area (Å²) in [4.78, 5) is 17.2. The molecule has 1 amide bonds. The first-order chi connectivity index (χ1) is 17.4. The molecule has 0 saturated heterocycles. The highest BCUT2D eigenvalue weighted by Gasteiger charge is 2.20. The molecule has 182 valence electrons. The van der Waals surface area contributed by atoms with E-state index >= 15 is 0 Å². The topological polar surface area (TPSA) is 68.0 Å². The Hall–Kier alpha value is -3.77. The number of halogens is 3. The van der Waals surface area contributed by atoms with Crippen molar-refractivity contribution >= 4 is 28.9 Å². The van der Waals surface area contributed by atoms with E-state index in [1.165, 1.54) is 12.3 Å². The summed E-state index contributed by atoms with van der Waals surface area (Å²) in [5, 5.41) is 2.86. The standard InChI is InChI=1S/C29H24ClF2N3O/c30-23-11-12-24(31)28(29(23)32)19-8-13-25(34-16-19)21-6-1-2-7-27(36)35-26-15-20(33)9-10-22(26)18-5-3-4-17(21)14-18/h3-5,8-16,21H,1-2,6-7,33H2,(H,35,36)/t21-/m0/s1. The number of benzene rings is 3. The van der Waals surface area contributed by atoms with Gasteiger partial charge in [-0.1, -0.05) is 54.4 Å². The van der Waals surface area contributed by atoms with Gasteiger partial charge in [0.2, 0.25) is 5.91 Å². The number of aromatic nitrogens is 1. The monoisotopic (exact) mass is 503 g/mol. The fraction of sp³-hybridized carbons (Fsp3) is 0.172. The van der Waals surface area contributed by atoms with Gasteiger partial charge >= 0.3 is 0 Å². The van der Waals surface area contributed by atoms with Gasteiger partial charge < -0.3 is 11.1 Å². The Morgan fingerprint density at radius 3 is 2.64 bits per heavy atom. The minimum atomic E-state index is -0.803. The number of hydrogen-bond acceptors (Lipinski definition) is 3. The summed E-state index contributed by atoms with van der Waals surface area (Å²) in [5.41, 5.74) is 11.1. The van der Waals surface area contributed by atoms with Crippen molar-refractivity contribution < 1.29 is 13.6 Å². The molecule has 0 saturated carbocycles. The van der Waals surface area contributed by atoms with Crippen molar-refractivity contribution in [2.45, 2.75) is 31.6 Å². The van der Waals surface area contributed by atoms with Crippen molar-refractivity contribution in [2.75, 3.05) is 11.1 Å². The summed E-state index contributed by atoms with van der Waals surface area (Å²) in [5.74, 6) is -1.60. The number of nitrogens with two attached hydrogens (primary N) is 1. The highest BCUT2D eigenvalue weighted by atomic mass is 35.5. The number of rotatable bonds is 2. The van der Waals surface area contributed by atoms with Crippen molar-refractivity contribution in [3.63, 3.8) is 0 Å². The molecule has 3 aromatic carbocycles. The van der Waals surface area contributed by atoms with E-state index in [9.17, 15) is 13.6 Å². The van der Waals surface area contributed by atoms with Crippen LogP contribution in [0.15, 0.2) is 72.9 Å². The first-order valence-electron chi connectivity index (χ1n) is 11.8. The summed E-state index contributed by atoms with van der Waals surface area (Å²) in [6.07, 6.45) is 4.19. The lowest BCUT2D eigenvalue weighted by atomic mass is 9.87. The van der Waals surface area contributed by atoms with Crippen LogP contribution in [0.1, 0.15) is 42.9 Å². The Balaban J connectivity index is 1.55. The number of hydrogen-bond donors (Lipinski definition) is 2. The smallest absolute Gasteiger partial charge is 0.224 e. The molecule has 2 heterocycles. The Bertz CT molecular complexity index is 1440. The molecule has 0 unspecified atom stereocenters. The second kappa shape index (κ2) is 10.1. The van der Waals surface area contributed by atoms with Crippen molar-refractivity contribution in [1.29, 1.82) is 0 Å². The third-order valence-electron chi connectivity index (χ3n) is 6.54. The largest absolute Gasteiger partial charge is 0.399 e. The second-order valence-corrected chi connectivity index (χ2v) is 9.37. The quantitative estimate of drug-likeness (QED) is 0.219. The summed E-state index contributed by atoms with van der Waals surface area (Å²) >= 11 is 5.87. The lowest BCUT2D eigenvalue weighted by Gasteiger charge is -2.20. The molecule has 1 atom stereocenters. The number of carbonyl (C=O) groups is 1. The van der Waals surface area contributed by atoms with E-state index in [2.05, 4.69) is 22.4 Å². The van der Waals surface area contributed by atoms with Crippen LogP contribution in [0.4, 0.5) is 20.2 Å². The number of nitrogens with one attached hydrogen (secondary N) is 1. The van der Waals surface area contributed by atoms with Crippen molar-refractivity contribution in [1.82, 2.24) is 4.98 Å². The van der Waals surface area contributed by atoms with Crippen LogP contribution in [0.2, 0.25) is 5.02 Å². The number of carbonyl (C=O) groups excluding carboxylic acids is 1. The number of amides is 1. The molecule has 1 aliphatic rings. The van der Waals surface area contributed by atoms with Gasteiger partial charge in [0.1, 0.15) is 5.82 Å².